The first-order chi connectivity index (χ1) is 8.88. The number of nitrogens with zero attached hydrogens (tertiary/aromatic N) is 2. The van der Waals surface area contributed by atoms with Gasteiger partial charge in [-0.3, -0.25) is 5.84 Å². The third kappa shape index (κ3) is 1.94. The molecule has 0 spiro atoms. The molecule has 3 rings (SSSR count). The fraction of sp³-hybridized carbons (Fsp3) is 0.231. The summed E-state index contributed by atoms with van der Waals surface area (Å²) in [6, 6.07) is 7.66. The summed E-state index contributed by atoms with van der Waals surface area (Å²) < 4.78 is 5.49. The van der Waals surface area contributed by atoms with Crippen LogP contribution < -0.4 is 16.0 Å². The molecule has 1 aliphatic rings. The summed E-state index contributed by atoms with van der Waals surface area (Å²) in [6.45, 7) is 0.751. The molecule has 3 N–H and O–H groups in total. The van der Waals surface area contributed by atoms with Crippen LogP contribution in [0.1, 0.15) is 23.0 Å². The Balaban J connectivity index is 1.97. The topological polar surface area (TPSA) is 73.1 Å². The van der Waals surface area contributed by atoms with Gasteiger partial charge in [0.05, 0.1) is 6.61 Å². The van der Waals surface area contributed by atoms with E-state index in [-0.39, 0.29) is 6.04 Å². The summed E-state index contributed by atoms with van der Waals surface area (Å²) in [4.78, 5) is 8.47. The van der Waals surface area contributed by atoms with E-state index in [0.29, 0.717) is 5.82 Å². The zero-order valence-corrected chi connectivity index (χ0v) is 9.84. The summed E-state index contributed by atoms with van der Waals surface area (Å²) >= 11 is 0. The summed E-state index contributed by atoms with van der Waals surface area (Å²) in [7, 11) is 0. The number of hydrogen-bond acceptors (Lipinski definition) is 5. The van der Waals surface area contributed by atoms with Gasteiger partial charge in [0, 0.05) is 18.8 Å². The predicted octanol–water partition coefficient (Wildman–Crippen LogP) is 0.964. The maximum absolute atomic E-state index is 5.62. The summed E-state index contributed by atoms with van der Waals surface area (Å²) in [5.74, 6) is 7.25. The molecule has 1 atom stereocenters. The molecular formula is C13H14N4O. The maximum atomic E-state index is 5.62. The van der Waals surface area contributed by atoms with Gasteiger partial charge in [-0.2, -0.15) is 0 Å². The molecule has 5 heteroatoms. The molecule has 0 fully saturated rings. The fourth-order valence-electron chi connectivity index (χ4n) is 2.17. The number of fused-ring (bicyclic) bond motifs is 1. The van der Waals surface area contributed by atoms with Crippen molar-refractivity contribution in [1.82, 2.24) is 15.4 Å². The molecule has 0 saturated carbocycles. The molecule has 1 aliphatic heterocycles. The predicted molar refractivity (Wildman–Crippen MR) is 66.8 cm³/mol. The number of aromatic nitrogens is 2. The Hall–Kier alpha value is -1.98. The van der Waals surface area contributed by atoms with Crippen LogP contribution in [0, 0.1) is 0 Å². The van der Waals surface area contributed by atoms with Gasteiger partial charge in [-0.05, 0) is 29.3 Å². The Labute approximate surface area is 105 Å². The molecule has 2 aromatic rings. The second kappa shape index (κ2) is 4.72. The van der Waals surface area contributed by atoms with Crippen LogP contribution in [0.4, 0.5) is 0 Å². The second-order valence-corrected chi connectivity index (χ2v) is 4.17. The van der Waals surface area contributed by atoms with Crippen LogP contribution in [0.3, 0.4) is 0 Å². The molecule has 0 radical (unpaired) electrons. The van der Waals surface area contributed by atoms with E-state index in [1.54, 1.807) is 18.5 Å². The van der Waals surface area contributed by atoms with Crippen LogP contribution >= 0.6 is 0 Å². The third-order valence-electron chi connectivity index (χ3n) is 3.06. The Bertz CT molecular complexity index is 544. The van der Waals surface area contributed by atoms with Gasteiger partial charge in [-0.1, -0.05) is 6.07 Å². The number of rotatable bonds is 3. The molecule has 1 aromatic carbocycles. The number of benzene rings is 1. The van der Waals surface area contributed by atoms with Gasteiger partial charge in [0.1, 0.15) is 11.8 Å². The number of nitrogens with two attached hydrogens (primary N) is 1. The van der Waals surface area contributed by atoms with Crippen molar-refractivity contribution in [3.8, 4) is 5.75 Å². The Morgan fingerprint density at radius 3 is 2.89 bits per heavy atom. The highest BCUT2D eigenvalue weighted by Gasteiger charge is 2.18. The van der Waals surface area contributed by atoms with Crippen molar-refractivity contribution in [2.24, 2.45) is 5.84 Å². The smallest absolute Gasteiger partial charge is 0.150 e. The monoisotopic (exact) mass is 242 g/mol. The van der Waals surface area contributed by atoms with Gasteiger partial charge in [-0.25, -0.2) is 15.4 Å². The van der Waals surface area contributed by atoms with Crippen LogP contribution in [-0.2, 0) is 6.42 Å². The first kappa shape index (κ1) is 11.1. The van der Waals surface area contributed by atoms with E-state index < -0.39 is 0 Å². The van der Waals surface area contributed by atoms with Gasteiger partial charge < -0.3 is 4.74 Å². The number of hydrogen-bond donors (Lipinski definition) is 2. The van der Waals surface area contributed by atoms with Crippen molar-refractivity contribution >= 4 is 0 Å². The lowest BCUT2D eigenvalue weighted by molar-refractivity contribution is 0.356. The van der Waals surface area contributed by atoms with Gasteiger partial charge in [-0.15, -0.1) is 0 Å². The van der Waals surface area contributed by atoms with Crippen LogP contribution in [0.15, 0.2) is 36.7 Å². The highest BCUT2D eigenvalue weighted by molar-refractivity contribution is 5.41. The second-order valence-electron chi connectivity index (χ2n) is 4.17. The van der Waals surface area contributed by atoms with Gasteiger partial charge in [0.15, 0.2) is 5.82 Å². The zero-order valence-electron chi connectivity index (χ0n) is 9.84. The quantitative estimate of drug-likeness (QED) is 0.619. The van der Waals surface area contributed by atoms with E-state index in [1.165, 1.54) is 5.56 Å². The lowest BCUT2D eigenvalue weighted by Crippen LogP contribution is -2.30. The molecule has 0 amide bonds. The molecule has 1 unspecified atom stereocenters. The first-order valence-electron chi connectivity index (χ1n) is 5.87. The Morgan fingerprint density at radius 1 is 1.28 bits per heavy atom. The summed E-state index contributed by atoms with van der Waals surface area (Å²) in [5, 5.41) is 0. The minimum atomic E-state index is -0.197. The minimum absolute atomic E-state index is 0.197. The van der Waals surface area contributed by atoms with Crippen molar-refractivity contribution in [3.05, 3.63) is 53.6 Å². The van der Waals surface area contributed by atoms with Crippen molar-refractivity contribution < 1.29 is 4.74 Å². The average molecular weight is 242 g/mol. The summed E-state index contributed by atoms with van der Waals surface area (Å²) in [5.41, 5.74) is 5.02. The minimum Gasteiger partial charge on any atom is -0.493 e. The van der Waals surface area contributed by atoms with Gasteiger partial charge in [0.25, 0.3) is 0 Å². The molecule has 0 saturated heterocycles. The standard InChI is InChI=1S/C13H14N4O/c14-17-12(13-15-5-1-6-16-13)10-2-3-11-9(8-10)4-7-18-11/h1-3,5-6,8,12,17H,4,7,14H2. The molecule has 1 aromatic heterocycles. The van der Waals surface area contributed by atoms with E-state index >= 15 is 0 Å². The number of nitrogens with one attached hydrogen (secondary N) is 1. The third-order valence-corrected chi connectivity index (χ3v) is 3.06. The number of hydrazine groups is 1. The SMILES string of the molecule is NNC(c1ccc2c(c1)CCO2)c1ncccn1. The average Bonchev–Trinajstić information content (AvgIpc) is 2.88. The van der Waals surface area contributed by atoms with Crippen LogP contribution in [0.5, 0.6) is 5.75 Å². The molecule has 18 heavy (non-hydrogen) atoms. The lowest BCUT2D eigenvalue weighted by atomic mass is 10.0. The van der Waals surface area contributed by atoms with Gasteiger partial charge >= 0.3 is 0 Å². The normalized spacial score (nSPS) is 14.9. The molecule has 5 nitrogen and oxygen atoms in total. The summed E-state index contributed by atoms with van der Waals surface area (Å²) in [6.07, 6.45) is 4.36. The van der Waals surface area contributed by atoms with E-state index in [9.17, 15) is 0 Å². The Kier molecular flexibility index (Phi) is 2.92. The Morgan fingerprint density at radius 2 is 2.11 bits per heavy atom. The first-order valence-corrected chi connectivity index (χ1v) is 5.87. The van der Waals surface area contributed by atoms with Crippen LogP contribution in [0.2, 0.25) is 0 Å². The molecule has 0 bridgehead atoms. The highest BCUT2D eigenvalue weighted by Crippen LogP contribution is 2.29. The highest BCUT2D eigenvalue weighted by atomic mass is 16.5. The lowest BCUT2D eigenvalue weighted by Gasteiger charge is -2.15. The zero-order chi connectivity index (χ0) is 12.4. The van der Waals surface area contributed by atoms with Crippen molar-refractivity contribution in [3.63, 3.8) is 0 Å². The molecule has 92 valence electrons. The number of ether oxygens (including phenoxy) is 1. The van der Waals surface area contributed by atoms with Crippen LogP contribution in [0.25, 0.3) is 0 Å². The van der Waals surface area contributed by atoms with Crippen molar-refractivity contribution in [1.29, 1.82) is 0 Å². The maximum Gasteiger partial charge on any atom is 0.150 e. The fourth-order valence-corrected chi connectivity index (χ4v) is 2.17. The van der Waals surface area contributed by atoms with Gasteiger partial charge in [0.2, 0.25) is 0 Å². The van der Waals surface area contributed by atoms with E-state index in [1.807, 2.05) is 12.1 Å². The largest absolute Gasteiger partial charge is 0.493 e. The van der Waals surface area contributed by atoms with Crippen molar-refractivity contribution in [2.75, 3.05) is 6.61 Å². The van der Waals surface area contributed by atoms with E-state index in [0.717, 1.165) is 24.3 Å². The van der Waals surface area contributed by atoms with E-state index in [4.69, 9.17) is 10.6 Å². The van der Waals surface area contributed by atoms with E-state index in [2.05, 4.69) is 21.5 Å². The van der Waals surface area contributed by atoms with Crippen LogP contribution in [-0.4, -0.2) is 16.6 Å². The molecule has 2 heterocycles. The molecule has 0 aliphatic carbocycles. The molecular weight excluding hydrogens is 228 g/mol. The van der Waals surface area contributed by atoms with Crippen molar-refractivity contribution in [2.45, 2.75) is 12.5 Å².